The van der Waals surface area contributed by atoms with Crippen LogP contribution in [0.2, 0.25) is 0 Å². The summed E-state index contributed by atoms with van der Waals surface area (Å²) in [4.78, 5) is 20.3. The van der Waals surface area contributed by atoms with Crippen LogP contribution < -0.4 is 10.1 Å². The molecule has 3 rings (SSSR count). The van der Waals surface area contributed by atoms with Gasteiger partial charge in [-0.05, 0) is 31.2 Å². The predicted molar refractivity (Wildman–Crippen MR) is 85.2 cm³/mol. The molecule has 1 amide bonds. The number of amides is 1. The van der Waals surface area contributed by atoms with E-state index in [4.69, 9.17) is 9.26 Å². The van der Waals surface area contributed by atoms with E-state index in [0.717, 1.165) is 11.4 Å². The molecular weight excluding hydrogens is 308 g/mol. The molecule has 0 aliphatic carbocycles. The van der Waals surface area contributed by atoms with Crippen LogP contribution in [0.4, 0.5) is 0 Å². The highest BCUT2D eigenvalue weighted by molar-refractivity contribution is 5.92. The van der Waals surface area contributed by atoms with Gasteiger partial charge in [0.2, 0.25) is 0 Å². The van der Waals surface area contributed by atoms with Crippen molar-refractivity contribution in [1.29, 1.82) is 0 Å². The predicted octanol–water partition coefficient (Wildman–Crippen LogP) is 2.28. The highest BCUT2D eigenvalue weighted by Gasteiger charge is 2.13. The van der Waals surface area contributed by atoms with E-state index in [-0.39, 0.29) is 18.2 Å². The number of hydrogen-bond donors (Lipinski definition) is 1. The van der Waals surface area contributed by atoms with Crippen molar-refractivity contribution in [2.75, 3.05) is 0 Å². The van der Waals surface area contributed by atoms with Gasteiger partial charge in [-0.1, -0.05) is 11.2 Å². The van der Waals surface area contributed by atoms with Crippen LogP contribution >= 0.6 is 0 Å². The lowest BCUT2D eigenvalue weighted by Gasteiger charge is -2.02. The van der Waals surface area contributed by atoms with Crippen molar-refractivity contribution in [3.63, 3.8) is 0 Å². The second-order valence-electron chi connectivity index (χ2n) is 5.11. The first-order chi connectivity index (χ1) is 11.7. The van der Waals surface area contributed by atoms with Crippen molar-refractivity contribution >= 4 is 5.91 Å². The van der Waals surface area contributed by atoms with E-state index in [0.29, 0.717) is 18.1 Å². The van der Waals surface area contributed by atoms with Gasteiger partial charge in [0.05, 0.1) is 18.4 Å². The van der Waals surface area contributed by atoms with Gasteiger partial charge in [0.15, 0.2) is 11.5 Å². The third-order valence-electron chi connectivity index (χ3n) is 3.21. The molecule has 0 spiro atoms. The maximum absolute atomic E-state index is 12.0. The molecule has 7 heteroatoms. The minimum absolute atomic E-state index is 0.172. The Hall–Kier alpha value is -3.22. The summed E-state index contributed by atoms with van der Waals surface area (Å²) in [5.41, 5.74) is 1.88. The molecule has 3 aromatic rings. The Morgan fingerprint density at radius 1 is 1.25 bits per heavy atom. The minimum Gasteiger partial charge on any atom is -0.484 e. The number of carbonyl (C=O) groups is 1. The number of hydrogen-bond acceptors (Lipinski definition) is 6. The molecule has 0 saturated carbocycles. The van der Waals surface area contributed by atoms with Gasteiger partial charge >= 0.3 is 0 Å². The Bertz CT molecular complexity index is 800. The molecule has 3 aromatic heterocycles. The van der Waals surface area contributed by atoms with Crippen LogP contribution in [0.5, 0.6) is 5.75 Å². The topological polar surface area (TPSA) is 90.1 Å². The molecule has 0 unspecified atom stereocenters. The van der Waals surface area contributed by atoms with Crippen LogP contribution in [0.1, 0.15) is 27.6 Å². The zero-order chi connectivity index (χ0) is 16.8. The molecule has 0 aliphatic rings. The molecule has 122 valence electrons. The van der Waals surface area contributed by atoms with Gasteiger partial charge < -0.3 is 14.6 Å². The Kier molecular flexibility index (Phi) is 4.81. The Morgan fingerprint density at radius 3 is 2.92 bits per heavy atom. The summed E-state index contributed by atoms with van der Waals surface area (Å²) < 4.78 is 10.6. The summed E-state index contributed by atoms with van der Waals surface area (Å²) in [5, 5.41) is 6.49. The largest absolute Gasteiger partial charge is 0.484 e. The van der Waals surface area contributed by atoms with E-state index in [1.54, 1.807) is 18.5 Å². The quantitative estimate of drug-likeness (QED) is 0.748. The highest BCUT2D eigenvalue weighted by atomic mass is 16.5. The third-order valence-corrected chi connectivity index (χ3v) is 3.21. The van der Waals surface area contributed by atoms with Gasteiger partial charge in [-0.15, -0.1) is 0 Å². The zero-order valence-electron chi connectivity index (χ0n) is 13.1. The number of carbonyl (C=O) groups excluding carboxylic acids is 1. The summed E-state index contributed by atoms with van der Waals surface area (Å²) in [6.45, 7) is 2.40. The van der Waals surface area contributed by atoms with Crippen molar-refractivity contribution in [1.82, 2.24) is 20.4 Å². The van der Waals surface area contributed by atoms with Gasteiger partial charge in [0.1, 0.15) is 12.4 Å². The molecular formula is C17H16N4O3. The fraction of sp³-hybridized carbons (Fsp3) is 0.176. The van der Waals surface area contributed by atoms with Gasteiger partial charge in [0, 0.05) is 18.0 Å². The number of pyridine rings is 2. The summed E-state index contributed by atoms with van der Waals surface area (Å²) in [6, 6.07) is 10.7. The number of nitrogens with one attached hydrogen (secondary N) is 1. The van der Waals surface area contributed by atoms with Crippen molar-refractivity contribution in [2.24, 2.45) is 0 Å². The molecule has 0 saturated heterocycles. The third kappa shape index (κ3) is 4.16. The minimum atomic E-state index is -0.326. The summed E-state index contributed by atoms with van der Waals surface area (Å²) in [5.74, 6) is 0.754. The lowest BCUT2D eigenvalue weighted by Crippen LogP contribution is -2.23. The second-order valence-corrected chi connectivity index (χ2v) is 5.11. The molecule has 1 N–H and O–H groups in total. The van der Waals surface area contributed by atoms with Crippen LogP contribution in [0.25, 0.3) is 0 Å². The molecule has 7 nitrogen and oxygen atoms in total. The average Bonchev–Trinajstić information content (AvgIpc) is 3.09. The van der Waals surface area contributed by atoms with E-state index in [1.807, 2.05) is 37.3 Å². The standard InChI is InChI=1S/C17H16N4O3/c1-12-5-6-14(10-19-12)23-11-15-8-16(21-24-15)17(22)20-9-13-4-2-3-7-18-13/h2-8,10H,9,11H2,1H3,(H,20,22). The summed E-state index contributed by atoms with van der Waals surface area (Å²) >= 11 is 0. The van der Waals surface area contributed by atoms with E-state index < -0.39 is 0 Å². The maximum Gasteiger partial charge on any atom is 0.273 e. The number of rotatable bonds is 6. The average molecular weight is 324 g/mol. The molecule has 0 fully saturated rings. The van der Waals surface area contributed by atoms with Crippen LogP contribution in [-0.2, 0) is 13.2 Å². The maximum atomic E-state index is 12.0. The second kappa shape index (κ2) is 7.36. The van der Waals surface area contributed by atoms with E-state index in [9.17, 15) is 4.79 Å². The first-order valence-corrected chi connectivity index (χ1v) is 7.40. The first-order valence-electron chi connectivity index (χ1n) is 7.40. The fourth-order valence-corrected chi connectivity index (χ4v) is 1.95. The molecule has 3 heterocycles. The molecule has 0 bridgehead atoms. The highest BCUT2D eigenvalue weighted by Crippen LogP contribution is 2.12. The Balaban J connectivity index is 1.52. The Morgan fingerprint density at radius 2 is 2.17 bits per heavy atom. The van der Waals surface area contributed by atoms with Crippen LogP contribution in [0.3, 0.4) is 0 Å². The van der Waals surface area contributed by atoms with Crippen molar-refractivity contribution in [3.05, 3.63) is 71.6 Å². The summed E-state index contributed by atoms with van der Waals surface area (Å²) in [6.07, 6.45) is 3.30. The summed E-state index contributed by atoms with van der Waals surface area (Å²) in [7, 11) is 0. The fourth-order valence-electron chi connectivity index (χ4n) is 1.95. The first kappa shape index (κ1) is 15.7. The van der Waals surface area contributed by atoms with Crippen molar-refractivity contribution in [2.45, 2.75) is 20.1 Å². The number of aryl methyl sites for hydroxylation is 1. The van der Waals surface area contributed by atoms with E-state index in [2.05, 4.69) is 20.4 Å². The van der Waals surface area contributed by atoms with Gasteiger partial charge in [-0.3, -0.25) is 14.8 Å². The SMILES string of the molecule is Cc1ccc(OCc2cc(C(=O)NCc3ccccn3)no2)cn1. The number of nitrogens with zero attached hydrogens (tertiary/aromatic N) is 3. The van der Waals surface area contributed by atoms with Crippen LogP contribution in [0, 0.1) is 6.92 Å². The molecule has 0 atom stereocenters. The van der Waals surface area contributed by atoms with E-state index in [1.165, 1.54) is 0 Å². The van der Waals surface area contributed by atoms with E-state index >= 15 is 0 Å². The van der Waals surface area contributed by atoms with Gasteiger partial charge in [0.25, 0.3) is 5.91 Å². The lowest BCUT2D eigenvalue weighted by molar-refractivity contribution is 0.0941. The number of ether oxygens (including phenoxy) is 1. The van der Waals surface area contributed by atoms with Gasteiger partial charge in [-0.25, -0.2) is 0 Å². The Labute approximate surface area is 138 Å². The molecule has 0 aromatic carbocycles. The smallest absolute Gasteiger partial charge is 0.273 e. The number of aromatic nitrogens is 3. The molecule has 0 radical (unpaired) electrons. The van der Waals surface area contributed by atoms with Crippen molar-refractivity contribution < 1.29 is 14.1 Å². The van der Waals surface area contributed by atoms with Crippen molar-refractivity contribution in [3.8, 4) is 5.75 Å². The van der Waals surface area contributed by atoms with Crippen LogP contribution in [0.15, 0.2) is 53.3 Å². The van der Waals surface area contributed by atoms with Crippen LogP contribution in [-0.4, -0.2) is 21.0 Å². The lowest BCUT2D eigenvalue weighted by atomic mass is 10.3. The molecule has 0 aliphatic heterocycles. The molecule has 24 heavy (non-hydrogen) atoms. The van der Waals surface area contributed by atoms with Gasteiger partial charge in [-0.2, -0.15) is 0 Å². The zero-order valence-corrected chi connectivity index (χ0v) is 13.1. The monoisotopic (exact) mass is 324 g/mol. The normalized spacial score (nSPS) is 10.4.